The van der Waals surface area contributed by atoms with Crippen molar-refractivity contribution >= 4 is 23.7 Å². The molecule has 0 atom stereocenters. The van der Waals surface area contributed by atoms with Crippen LogP contribution in [0.25, 0.3) is 0 Å². The minimum absolute atomic E-state index is 0.220. The van der Waals surface area contributed by atoms with Gasteiger partial charge >= 0.3 is 17.9 Å². The molecule has 0 radical (unpaired) electrons. The third kappa shape index (κ3) is 8.26. The van der Waals surface area contributed by atoms with E-state index in [9.17, 15) is 19.2 Å². The molecule has 0 aliphatic heterocycles. The fraction of sp³-hybridized carbons (Fsp3) is 0.636. The Hall–Kier alpha value is -1.92. The molecule has 0 saturated heterocycles. The van der Waals surface area contributed by atoms with Crippen LogP contribution in [-0.4, -0.2) is 43.5 Å². The van der Waals surface area contributed by atoms with E-state index in [0.29, 0.717) is 0 Å². The number of carbonyl (C=O) groups is 4. The van der Waals surface area contributed by atoms with Gasteiger partial charge in [-0.25, -0.2) is 0 Å². The Labute approximate surface area is 104 Å². The predicted molar refractivity (Wildman–Crippen MR) is 58.4 cm³/mol. The monoisotopic (exact) mass is 260 g/mol. The molecule has 7 heteroatoms. The standard InChI is InChI=1S/C11H16O7/c1-7(12)16-4-10(5-17-8(2)13)11(15)6-18-9(3)14/h10H,4-6H2,1-3H3. The van der Waals surface area contributed by atoms with Crippen LogP contribution in [0.2, 0.25) is 0 Å². The molecule has 0 rings (SSSR count). The zero-order valence-corrected chi connectivity index (χ0v) is 10.6. The first-order valence-corrected chi connectivity index (χ1v) is 5.25. The highest BCUT2D eigenvalue weighted by Gasteiger charge is 2.22. The van der Waals surface area contributed by atoms with E-state index in [1.54, 1.807) is 0 Å². The van der Waals surface area contributed by atoms with Crippen LogP contribution in [0.1, 0.15) is 20.8 Å². The molecule has 0 amide bonds. The zero-order valence-electron chi connectivity index (χ0n) is 10.6. The fourth-order valence-corrected chi connectivity index (χ4v) is 0.961. The first-order chi connectivity index (χ1) is 8.32. The summed E-state index contributed by atoms with van der Waals surface area (Å²) in [6.45, 7) is 2.67. The minimum Gasteiger partial charge on any atom is -0.465 e. The van der Waals surface area contributed by atoms with E-state index in [2.05, 4.69) is 14.2 Å². The van der Waals surface area contributed by atoms with Gasteiger partial charge in [-0.1, -0.05) is 0 Å². The van der Waals surface area contributed by atoms with Crippen molar-refractivity contribution < 1.29 is 33.4 Å². The predicted octanol–water partition coefficient (Wildman–Crippen LogP) is -0.139. The van der Waals surface area contributed by atoms with Crippen LogP contribution in [0.5, 0.6) is 0 Å². The van der Waals surface area contributed by atoms with Gasteiger partial charge in [0.1, 0.15) is 13.2 Å². The smallest absolute Gasteiger partial charge is 0.303 e. The summed E-state index contributed by atoms with van der Waals surface area (Å²) in [5.74, 6) is -3.02. The van der Waals surface area contributed by atoms with E-state index < -0.39 is 36.2 Å². The van der Waals surface area contributed by atoms with E-state index in [4.69, 9.17) is 0 Å². The van der Waals surface area contributed by atoms with Gasteiger partial charge in [0.15, 0.2) is 12.4 Å². The van der Waals surface area contributed by atoms with Gasteiger partial charge in [0, 0.05) is 20.8 Å². The first-order valence-electron chi connectivity index (χ1n) is 5.25. The summed E-state index contributed by atoms with van der Waals surface area (Å²) >= 11 is 0. The van der Waals surface area contributed by atoms with Crippen LogP contribution in [0.3, 0.4) is 0 Å². The van der Waals surface area contributed by atoms with Crippen molar-refractivity contribution in [1.82, 2.24) is 0 Å². The van der Waals surface area contributed by atoms with Crippen LogP contribution >= 0.6 is 0 Å². The van der Waals surface area contributed by atoms with Gasteiger partial charge in [-0.2, -0.15) is 0 Å². The zero-order chi connectivity index (χ0) is 14.1. The van der Waals surface area contributed by atoms with E-state index in [1.165, 1.54) is 20.8 Å². The molecule has 0 aliphatic rings. The summed E-state index contributed by atoms with van der Waals surface area (Å²) < 4.78 is 13.9. The number of Topliss-reactive ketones (excluding diaryl/α,β-unsaturated/α-hetero) is 1. The van der Waals surface area contributed by atoms with Crippen LogP contribution in [0.15, 0.2) is 0 Å². The van der Waals surface area contributed by atoms with Gasteiger partial charge in [-0.05, 0) is 0 Å². The summed E-state index contributed by atoms with van der Waals surface area (Å²) in [6.07, 6.45) is 0. The number of ketones is 1. The van der Waals surface area contributed by atoms with Crippen LogP contribution in [0.4, 0.5) is 0 Å². The molecule has 0 bridgehead atoms. The van der Waals surface area contributed by atoms with Gasteiger partial charge in [0.05, 0.1) is 5.92 Å². The van der Waals surface area contributed by atoms with Crippen LogP contribution < -0.4 is 0 Å². The maximum absolute atomic E-state index is 11.6. The summed E-state index contributed by atoms with van der Waals surface area (Å²) in [5, 5.41) is 0. The van der Waals surface area contributed by atoms with E-state index in [0.717, 1.165) is 0 Å². The molecule has 0 aromatic rings. The molecule has 0 spiro atoms. The number of ether oxygens (including phenoxy) is 3. The van der Waals surface area contributed by atoms with Crippen molar-refractivity contribution in [3.63, 3.8) is 0 Å². The van der Waals surface area contributed by atoms with E-state index >= 15 is 0 Å². The summed E-state index contributed by atoms with van der Waals surface area (Å²) in [5.41, 5.74) is 0. The lowest BCUT2D eigenvalue weighted by Gasteiger charge is -2.15. The molecule has 0 aliphatic carbocycles. The lowest BCUT2D eigenvalue weighted by molar-refractivity contribution is -0.153. The van der Waals surface area contributed by atoms with E-state index in [1.807, 2.05) is 0 Å². The topological polar surface area (TPSA) is 96.0 Å². The van der Waals surface area contributed by atoms with Crippen molar-refractivity contribution in [2.75, 3.05) is 19.8 Å². The molecule has 102 valence electrons. The number of rotatable bonds is 7. The van der Waals surface area contributed by atoms with Gasteiger partial charge in [0.25, 0.3) is 0 Å². The van der Waals surface area contributed by atoms with Crippen molar-refractivity contribution in [3.05, 3.63) is 0 Å². The average Bonchev–Trinajstić information content (AvgIpc) is 2.25. The molecular weight excluding hydrogens is 244 g/mol. The summed E-state index contributed by atoms with van der Waals surface area (Å²) in [4.78, 5) is 43.5. The van der Waals surface area contributed by atoms with Crippen molar-refractivity contribution in [1.29, 1.82) is 0 Å². The molecule has 7 nitrogen and oxygen atoms in total. The lowest BCUT2D eigenvalue weighted by atomic mass is 10.1. The molecule has 0 aromatic carbocycles. The highest BCUT2D eigenvalue weighted by atomic mass is 16.6. The lowest BCUT2D eigenvalue weighted by Crippen LogP contribution is -2.30. The highest BCUT2D eigenvalue weighted by Crippen LogP contribution is 2.03. The van der Waals surface area contributed by atoms with Gasteiger partial charge in [-0.3, -0.25) is 19.2 Å². The molecule has 0 saturated carbocycles. The summed E-state index contributed by atoms with van der Waals surface area (Å²) in [6, 6.07) is 0. The third-order valence-electron chi connectivity index (χ3n) is 1.85. The Bertz CT molecular complexity index is 316. The van der Waals surface area contributed by atoms with Gasteiger partial charge in [-0.15, -0.1) is 0 Å². The molecule has 0 fully saturated rings. The quantitative estimate of drug-likeness (QED) is 0.464. The normalized spacial score (nSPS) is 9.78. The second-order valence-corrected chi connectivity index (χ2v) is 3.55. The SMILES string of the molecule is CC(=O)OCC(=O)C(COC(C)=O)COC(C)=O. The first kappa shape index (κ1) is 16.1. The van der Waals surface area contributed by atoms with Gasteiger partial charge in [0.2, 0.25) is 0 Å². The van der Waals surface area contributed by atoms with E-state index in [-0.39, 0.29) is 13.2 Å². The Balaban J connectivity index is 4.32. The maximum Gasteiger partial charge on any atom is 0.303 e. The maximum atomic E-state index is 11.6. The number of esters is 3. The third-order valence-corrected chi connectivity index (χ3v) is 1.85. The highest BCUT2D eigenvalue weighted by molar-refractivity contribution is 5.84. The van der Waals surface area contributed by atoms with Crippen LogP contribution in [0, 0.1) is 5.92 Å². The van der Waals surface area contributed by atoms with Crippen molar-refractivity contribution in [3.8, 4) is 0 Å². The van der Waals surface area contributed by atoms with Gasteiger partial charge < -0.3 is 14.2 Å². The Morgan fingerprint density at radius 3 is 1.50 bits per heavy atom. The molecule has 0 N–H and O–H groups in total. The second-order valence-electron chi connectivity index (χ2n) is 3.55. The Kier molecular flexibility index (Phi) is 7.34. The molecule has 18 heavy (non-hydrogen) atoms. The number of carbonyl (C=O) groups excluding carboxylic acids is 4. The molecule has 0 aromatic heterocycles. The summed E-state index contributed by atoms with van der Waals surface area (Å²) in [7, 11) is 0. The van der Waals surface area contributed by atoms with Crippen molar-refractivity contribution in [2.24, 2.45) is 5.92 Å². The molecular formula is C11H16O7. The number of hydrogen-bond acceptors (Lipinski definition) is 7. The van der Waals surface area contributed by atoms with Crippen LogP contribution in [-0.2, 0) is 33.4 Å². The largest absolute Gasteiger partial charge is 0.465 e. The Morgan fingerprint density at radius 1 is 0.778 bits per heavy atom. The fourth-order valence-electron chi connectivity index (χ4n) is 0.961. The molecule has 0 heterocycles. The number of hydrogen-bond donors (Lipinski definition) is 0. The second kappa shape index (κ2) is 8.21. The van der Waals surface area contributed by atoms with Crippen molar-refractivity contribution in [2.45, 2.75) is 20.8 Å². The molecule has 0 unspecified atom stereocenters. The average molecular weight is 260 g/mol. The minimum atomic E-state index is -0.836. The Morgan fingerprint density at radius 2 is 1.17 bits per heavy atom.